The van der Waals surface area contributed by atoms with Crippen LogP contribution in [-0.2, 0) is 9.59 Å². The van der Waals surface area contributed by atoms with Crippen LogP contribution < -0.4 is 0 Å². The molecule has 0 radical (unpaired) electrons. The second kappa shape index (κ2) is 16.1. The molecule has 1 N–H and O–H groups in total. The lowest BCUT2D eigenvalue weighted by Gasteiger charge is -2.30. The van der Waals surface area contributed by atoms with E-state index in [1.807, 2.05) is 50.3 Å². The fourth-order valence-electron chi connectivity index (χ4n) is 2.24. The van der Waals surface area contributed by atoms with E-state index in [9.17, 15) is 9.59 Å². The van der Waals surface area contributed by atoms with Gasteiger partial charge in [-0.25, -0.2) is 0 Å². The van der Waals surface area contributed by atoms with Crippen LogP contribution >= 0.6 is 11.9 Å². The maximum atomic E-state index is 12.1. The molecule has 5 nitrogen and oxygen atoms in total. The normalized spacial score (nSPS) is 15.0. The summed E-state index contributed by atoms with van der Waals surface area (Å²) in [6, 6.07) is 0. The van der Waals surface area contributed by atoms with E-state index in [1.54, 1.807) is 11.9 Å². The summed E-state index contributed by atoms with van der Waals surface area (Å²) < 4.78 is 2.04. The van der Waals surface area contributed by atoms with E-state index in [-0.39, 0.29) is 18.2 Å². The number of carbonyl (C=O) groups excluding carboxylic acids is 1. The molecule has 1 fully saturated rings. The fourth-order valence-corrected chi connectivity index (χ4v) is 2.24. The monoisotopic (exact) mass is 348 g/mol. The number of hydrogen-bond donors (Lipinski definition) is 1. The third-order valence-corrected chi connectivity index (χ3v) is 4.17. The van der Waals surface area contributed by atoms with Crippen molar-refractivity contribution in [1.82, 2.24) is 9.21 Å². The number of carbonyl (C=O) groups is 2. The number of piperidine rings is 1. The molecule has 1 saturated heterocycles. The Morgan fingerprint density at radius 3 is 2.00 bits per heavy atom. The first-order valence-electron chi connectivity index (χ1n) is 8.64. The van der Waals surface area contributed by atoms with Crippen LogP contribution in [0.2, 0.25) is 0 Å². The van der Waals surface area contributed by atoms with Crippen LogP contribution in [0.25, 0.3) is 0 Å². The molecule has 1 aliphatic heterocycles. The van der Waals surface area contributed by atoms with Gasteiger partial charge in [0.2, 0.25) is 5.91 Å². The molecule has 0 saturated carbocycles. The lowest BCUT2D eigenvalue weighted by atomic mass is 9.97. The number of nitrogens with zero attached hydrogens (tertiary/aromatic N) is 2. The van der Waals surface area contributed by atoms with E-state index >= 15 is 0 Å². The van der Waals surface area contributed by atoms with Crippen molar-refractivity contribution >= 4 is 23.8 Å². The zero-order valence-electron chi connectivity index (χ0n) is 15.8. The summed E-state index contributed by atoms with van der Waals surface area (Å²) in [5.74, 6) is -1.15. The first-order valence-corrected chi connectivity index (χ1v) is 9.82. The number of carboxylic acid groups (broad SMARTS) is 1. The molecular weight excluding hydrogens is 312 g/mol. The predicted molar refractivity (Wildman–Crippen MR) is 99.6 cm³/mol. The number of carboxylic acids is 1. The van der Waals surface area contributed by atoms with E-state index in [0.29, 0.717) is 6.42 Å². The van der Waals surface area contributed by atoms with Gasteiger partial charge in [0.15, 0.2) is 0 Å². The van der Waals surface area contributed by atoms with Crippen LogP contribution in [0.3, 0.4) is 0 Å². The minimum absolute atomic E-state index is 0.0246. The Morgan fingerprint density at radius 2 is 1.65 bits per heavy atom. The minimum atomic E-state index is -0.871. The molecule has 23 heavy (non-hydrogen) atoms. The third kappa shape index (κ3) is 13.4. The van der Waals surface area contributed by atoms with Crippen LogP contribution in [0, 0.1) is 5.92 Å². The highest BCUT2D eigenvalue weighted by Gasteiger charge is 2.26. The first kappa shape index (κ1) is 24.5. The van der Waals surface area contributed by atoms with Gasteiger partial charge < -0.3 is 10.0 Å². The standard InChI is InChI=1S/C12H21NO3.C3H9NS.C2H6/c1-2-6-10(9-11(14)15)12(16)13-7-4-3-5-8-13;1-4(2)5-3;1-2/h10H,2-9H2,1H3,(H,14,15);1-3H3;1-2H3. The lowest BCUT2D eigenvalue weighted by molar-refractivity contribution is -0.145. The van der Waals surface area contributed by atoms with Crippen molar-refractivity contribution in [3.05, 3.63) is 0 Å². The molecule has 0 aromatic heterocycles. The van der Waals surface area contributed by atoms with Gasteiger partial charge in [-0.1, -0.05) is 39.1 Å². The first-order chi connectivity index (χ1) is 10.9. The average molecular weight is 349 g/mol. The maximum absolute atomic E-state index is 12.1. The molecule has 0 spiro atoms. The van der Waals surface area contributed by atoms with Crippen molar-refractivity contribution in [3.8, 4) is 0 Å². The van der Waals surface area contributed by atoms with E-state index < -0.39 is 5.97 Å². The van der Waals surface area contributed by atoms with Crippen LogP contribution in [0.15, 0.2) is 0 Å². The van der Waals surface area contributed by atoms with Crippen LogP contribution in [0.4, 0.5) is 0 Å². The second-order valence-electron chi connectivity index (χ2n) is 5.46. The van der Waals surface area contributed by atoms with Crippen molar-refractivity contribution in [2.24, 2.45) is 5.92 Å². The Kier molecular flexibility index (Phi) is 17.2. The van der Waals surface area contributed by atoms with Gasteiger partial charge in [0.1, 0.15) is 0 Å². The smallest absolute Gasteiger partial charge is 0.304 e. The number of rotatable bonds is 6. The highest BCUT2D eigenvalue weighted by atomic mass is 32.2. The number of hydrogen-bond acceptors (Lipinski definition) is 4. The SMILES string of the molecule is CC.CCCC(CC(=O)O)C(=O)N1CCCCC1.CSN(C)C. The molecule has 1 rings (SSSR count). The largest absolute Gasteiger partial charge is 0.481 e. The zero-order chi connectivity index (χ0) is 18.3. The van der Waals surface area contributed by atoms with E-state index in [4.69, 9.17) is 5.11 Å². The Labute approximate surface area is 146 Å². The summed E-state index contributed by atoms with van der Waals surface area (Å²) in [4.78, 5) is 24.6. The maximum Gasteiger partial charge on any atom is 0.304 e. The molecule has 1 heterocycles. The topological polar surface area (TPSA) is 60.9 Å². The van der Waals surface area contributed by atoms with Crippen molar-refractivity contribution in [2.45, 2.75) is 59.3 Å². The molecule has 6 heteroatoms. The minimum Gasteiger partial charge on any atom is -0.481 e. The molecule has 1 unspecified atom stereocenters. The summed E-state index contributed by atoms with van der Waals surface area (Å²) in [7, 11) is 4.04. The van der Waals surface area contributed by atoms with Crippen molar-refractivity contribution < 1.29 is 14.7 Å². The zero-order valence-corrected chi connectivity index (χ0v) is 16.6. The summed E-state index contributed by atoms with van der Waals surface area (Å²) in [5.41, 5.74) is 0. The quantitative estimate of drug-likeness (QED) is 0.741. The van der Waals surface area contributed by atoms with Gasteiger partial charge in [-0.05, 0) is 46.0 Å². The van der Waals surface area contributed by atoms with Crippen LogP contribution in [0.1, 0.15) is 59.3 Å². The number of aliphatic carboxylic acids is 1. The van der Waals surface area contributed by atoms with Gasteiger partial charge in [0.25, 0.3) is 0 Å². The lowest BCUT2D eigenvalue weighted by Crippen LogP contribution is -2.40. The molecule has 1 amide bonds. The van der Waals surface area contributed by atoms with Crippen LogP contribution in [0.5, 0.6) is 0 Å². The molecular formula is C17H36N2O3S. The van der Waals surface area contributed by atoms with Gasteiger partial charge in [-0.3, -0.25) is 13.9 Å². The van der Waals surface area contributed by atoms with Crippen molar-refractivity contribution in [2.75, 3.05) is 33.4 Å². The third-order valence-electron chi connectivity index (χ3n) is 3.44. The fraction of sp³-hybridized carbons (Fsp3) is 0.882. The number of likely N-dealkylation sites (tertiary alicyclic amines) is 1. The Hall–Kier alpha value is -0.750. The van der Waals surface area contributed by atoms with Crippen molar-refractivity contribution in [3.63, 3.8) is 0 Å². The van der Waals surface area contributed by atoms with Crippen molar-refractivity contribution in [1.29, 1.82) is 0 Å². The molecule has 1 aliphatic rings. The highest BCUT2D eigenvalue weighted by Crippen LogP contribution is 2.18. The molecule has 1 atom stereocenters. The molecule has 0 bridgehead atoms. The highest BCUT2D eigenvalue weighted by molar-refractivity contribution is 7.96. The van der Waals surface area contributed by atoms with Gasteiger partial charge in [0.05, 0.1) is 6.42 Å². The van der Waals surface area contributed by atoms with Gasteiger partial charge in [0, 0.05) is 19.0 Å². The molecule has 0 aromatic rings. The summed E-state index contributed by atoms with van der Waals surface area (Å²) >= 11 is 1.71. The van der Waals surface area contributed by atoms with Gasteiger partial charge in [-0.2, -0.15) is 0 Å². The summed E-state index contributed by atoms with van der Waals surface area (Å²) in [5, 5.41) is 8.79. The Balaban J connectivity index is 0. The summed E-state index contributed by atoms with van der Waals surface area (Å²) in [6.45, 7) is 7.59. The van der Waals surface area contributed by atoms with E-state index in [1.165, 1.54) is 6.42 Å². The molecule has 0 aliphatic carbocycles. The van der Waals surface area contributed by atoms with E-state index in [2.05, 4.69) is 0 Å². The predicted octanol–water partition coefficient (Wildman–Crippen LogP) is 3.74. The summed E-state index contributed by atoms with van der Waals surface area (Å²) in [6.07, 6.45) is 6.85. The van der Waals surface area contributed by atoms with Gasteiger partial charge in [-0.15, -0.1) is 0 Å². The second-order valence-corrected chi connectivity index (χ2v) is 6.56. The van der Waals surface area contributed by atoms with E-state index in [0.717, 1.165) is 32.4 Å². The Bertz CT molecular complexity index is 306. The van der Waals surface area contributed by atoms with Crippen LogP contribution in [-0.4, -0.2) is 59.6 Å². The number of amides is 1. The van der Waals surface area contributed by atoms with Gasteiger partial charge >= 0.3 is 5.97 Å². The molecule has 0 aromatic carbocycles. The average Bonchev–Trinajstić information content (AvgIpc) is 2.56. The Morgan fingerprint density at radius 1 is 1.17 bits per heavy atom. The molecule has 138 valence electrons.